The molecule has 0 fully saturated rings. The molecule has 0 radical (unpaired) electrons. The highest BCUT2D eigenvalue weighted by atomic mass is 35.5. The monoisotopic (exact) mass is 367 g/mol. The Bertz CT molecular complexity index is 782. The number of amides is 1. The molecule has 6 heteroatoms. The van der Waals surface area contributed by atoms with Crippen LogP contribution in [0.4, 0.5) is 10.1 Å². The summed E-state index contributed by atoms with van der Waals surface area (Å²) in [5, 5.41) is 2.27. The quantitative estimate of drug-likeness (QED) is 0.826. The Morgan fingerprint density at radius 3 is 2.83 bits per heavy atom. The van der Waals surface area contributed by atoms with E-state index >= 15 is 0 Å². The Morgan fingerprint density at radius 2 is 2.04 bits per heavy atom. The maximum absolute atomic E-state index is 13.6. The lowest BCUT2D eigenvalue weighted by atomic mass is 10.1. The van der Waals surface area contributed by atoms with Crippen molar-refractivity contribution in [2.45, 2.75) is 19.4 Å². The molecule has 1 amide bonds. The van der Waals surface area contributed by atoms with Gasteiger partial charge in [-0.1, -0.05) is 41.4 Å². The first-order valence-electron chi connectivity index (χ1n) is 7.83. The van der Waals surface area contributed by atoms with E-state index in [9.17, 15) is 9.18 Å². The average molecular weight is 368 g/mol. The third-order valence-electron chi connectivity index (χ3n) is 4.36. The van der Waals surface area contributed by atoms with Crippen molar-refractivity contribution in [3.05, 3.63) is 63.4 Å². The van der Waals surface area contributed by atoms with Gasteiger partial charge in [-0.15, -0.1) is 0 Å². The van der Waals surface area contributed by atoms with Crippen LogP contribution in [0.15, 0.2) is 36.4 Å². The summed E-state index contributed by atoms with van der Waals surface area (Å²) < 4.78 is 13.6. The van der Waals surface area contributed by atoms with E-state index in [0.717, 1.165) is 12.1 Å². The van der Waals surface area contributed by atoms with Gasteiger partial charge in [-0.2, -0.15) is 0 Å². The second-order valence-electron chi connectivity index (χ2n) is 5.94. The van der Waals surface area contributed by atoms with Crippen LogP contribution in [-0.2, 0) is 11.2 Å². The molecule has 2 aromatic rings. The summed E-state index contributed by atoms with van der Waals surface area (Å²) >= 11 is 11.9. The van der Waals surface area contributed by atoms with Gasteiger partial charge < -0.3 is 10.2 Å². The van der Waals surface area contributed by atoms with Crippen LogP contribution < -0.4 is 10.2 Å². The van der Waals surface area contributed by atoms with Crippen molar-refractivity contribution < 1.29 is 14.5 Å². The van der Waals surface area contributed by atoms with E-state index in [1.165, 1.54) is 17.7 Å². The van der Waals surface area contributed by atoms with E-state index in [2.05, 4.69) is 0 Å². The van der Waals surface area contributed by atoms with Crippen molar-refractivity contribution in [3.8, 4) is 0 Å². The van der Waals surface area contributed by atoms with Crippen molar-refractivity contribution in [3.63, 3.8) is 0 Å². The number of halogens is 3. The molecule has 1 aliphatic heterocycles. The Hall–Kier alpha value is -1.62. The first-order chi connectivity index (χ1) is 11.5. The lowest BCUT2D eigenvalue weighted by Gasteiger charge is -2.18. The Balaban J connectivity index is 1.66. The fraction of sp³-hybridized carbons (Fsp3) is 0.278. The molecule has 0 saturated carbocycles. The molecule has 126 valence electrons. The number of hydrogen-bond acceptors (Lipinski definition) is 1. The van der Waals surface area contributed by atoms with Gasteiger partial charge in [0.15, 0.2) is 6.54 Å². The van der Waals surface area contributed by atoms with Gasteiger partial charge in [0, 0.05) is 17.8 Å². The highest BCUT2D eigenvalue weighted by Crippen LogP contribution is 2.28. The normalized spacial score (nSPS) is 14.6. The molecule has 0 unspecified atom stereocenters. The molecule has 24 heavy (non-hydrogen) atoms. The van der Waals surface area contributed by atoms with Gasteiger partial charge in [0.25, 0.3) is 5.91 Å². The molecular weight excluding hydrogens is 350 g/mol. The van der Waals surface area contributed by atoms with E-state index < -0.39 is 5.82 Å². The number of para-hydroxylation sites is 1. The molecule has 3 rings (SSSR count). The first-order valence-corrected chi connectivity index (χ1v) is 8.59. The van der Waals surface area contributed by atoms with Gasteiger partial charge >= 0.3 is 0 Å². The van der Waals surface area contributed by atoms with Crippen LogP contribution in [0.25, 0.3) is 0 Å². The van der Waals surface area contributed by atoms with Crippen molar-refractivity contribution in [2.75, 3.05) is 18.0 Å². The number of nitrogens with two attached hydrogens (primary N) is 1. The van der Waals surface area contributed by atoms with Gasteiger partial charge in [-0.05, 0) is 37.1 Å². The summed E-state index contributed by atoms with van der Waals surface area (Å²) in [5.41, 5.74) is 2.81. The fourth-order valence-corrected chi connectivity index (χ4v) is 3.55. The van der Waals surface area contributed by atoms with Crippen molar-refractivity contribution >= 4 is 34.8 Å². The number of hydrogen-bond donors (Lipinski definition) is 1. The van der Waals surface area contributed by atoms with Crippen LogP contribution in [0, 0.1) is 5.82 Å². The maximum Gasteiger partial charge on any atom is 0.282 e. The molecule has 2 aromatic carbocycles. The van der Waals surface area contributed by atoms with Gasteiger partial charge in [0.2, 0.25) is 0 Å². The molecular formula is C18H18Cl2FN2O+. The summed E-state index contributed by atoms with van der Waals surface area (Å²) in [7, 11) is 0. The minimum atomic E-state index is -0.504. The van der Waals surface area contributed by atoms with Crippen LogP contribution in [0.3, 0.4) is 0 Å². The third-order valence-corrected chi connectivity index (χ3v) is 4.98. The van der Waals surface area contributed by atoms with Crippen LogP contribution in [0.2, 0.25) is 10.0 Å². The van der Waals surface area contributed by atoms with Crippen LogP contribution >= 0.6 is 23.2 Å². The van der Waals surface area contributed by atoms with Crippen molar-refractivity contribution in [2.24, 2.45) is 0 Å². The molecule has 0 saturated heterocycles. The summed E-state index contributed by atoms with van der Waals surface area (Å²) in [6.07, 6.45) is 0.881. The zero-order valence-corrected chi connectivity index (χ0v) is 14.7. The van der Waals surface area contributed by atoms with Crippen molar-refractivity contribution in [1.29, 1.82) is 0 Å². The van der Waals surface area contributed by atoms with E-state index in [1.807, 2.05) is 41.4 Å². The number of fused-ring (bicyclic) bond motifs is 1. The molecule has 1 heterocycles. The summed E-state index contributed by atoms with van der Waals surface area (Å²) in [6.45, 7) is 2.87. The molecule has 3 nitrogen and oxygen atoms in total. The molecule has 0 spiro atoms. The topological polar surface area (TPSA) is 36.9 Å². The minimum absolute atomic E-state index is 0.000648. The molecule has 1 atom stereocenters. The highest BCUT2D eigenvalue weighted by Gasteiger charge is 2.26. The van der Waals surface area contributed by atoms with Crippen molar-refractivity contribution in [1.82, 2.24) is 0 Å². The summed E-state index contributed by atoms with van der Waals surface area (Å²) in [4.78, 5) is 14.3. The maximum atomic E-state index is 13.6. The second kappa shape index (κ2) is 7.09. The summed E-state index contributed by atoms with van der Waals surface area (Å²) in [6, 6.07) is 10.5. The SMILES string of the molecule is C[C@H]([NH2+]CC(=O)N1CCc2ccccc21)c1cc(F)c(Cl)cc1Cl. The number of anilines is 1. The standard InChI is InChI=1S/C18H17Cl2FN2O/c1-11(13-8-16(21)15(20)9-14(13)19)22-10-18(24)23-7-6-12-4-2-3-5-17(12)23/h2-5,8-9,11,22H,6-7,10H2,1H3/p+1/t11-/m0/s1. The van der Waals surface area contributed by atoms with E-state index in [0.29, 0.717) is 17.1 Å². The second-order valence-corrected chi connectivity index (χ2v) is 6.75. The lowest BCUT2D eigenvalue weighted by molar-refractivity contribution is -0.682. The van der Waals surface area contributed by atoms with Crippen LogP contribution in [-0.4, -0.2) is 19.0 Å². The third kappa shape index (κ3) is 3.41. The van der Waals surface area contributed by atoms with Gasteiger partial charge in [-0.25, -0.2) is 4.39 Å². The number of carbonyl (C=O) groups is 1. The first kappa shape index (κ1) is 17.2. The van der Waals surface area contributed by atoms with Gasteiger partial charge in [0.1, 0.15) is 11.9 Å². The fourth-order valence-electron chi connectivity index (χ4n) is 3.00. The van der Waals surface area contributed by atoms with Crippen LogP contribution in [0.1, 0.15) is 24.1 Å². The Labute approximate surface area is 150 Å². The van der Waals surface area contributed by atoms with E-state index in [-0.39, 0.29) is 23.5 Å². The largest absolute Gasteiger partial charge is 0.332 e. The average Bonchev–Trinajstić information content (AvgIpc) is 3.00. The van der Waals surface area contributed by atoms with Gasteiger partial charge in [-0.3, -0.25) is 4.79 Å². The number of rotatable bonds is 4. The number of nitrogens with zero attached hydrogens (tertiary/aromatic N) is 1. The molecule has 0 bridgehead atoms. The predicted molar refractivity (Wildman–Crippen MR) is 94.1 cm³/mol. The Kier molecular flexibility index (Phi) is 5.09. The van der Waals surface area contributed by atoms with E-state index in [1.54, 1.807) is 0 Å². The highest BCUT2D eigenvalue weighted by molar-refractivity contribution is 6.35. The lowest BCUT2D eigenvalue weighted by Crippen LogP contribution is -2.87. The van der Waals surface area contributed by atoms with Crippen LogP contribution in [0.5, 0.6) is 0 Å². The summed E-state index contributed by atoms with van der Waals surface area (Å²) in [5.74, 6) is -0.464. The number of carbonyl (C=O) groups excluding carboxylic acids is 1. The number of benzene rings is 2. The zero-order valence-electron chi connectivity index (χ0n) is 13.2. The zero-order chi connectivity index (χ0) is 17.3. The minimum Gasteiger partial charge on any atom is -0.332 e. The molecule has 0 aromatic heterocycles. The van der Waals surface area contributed by atoms with Gasteiger partial charge in [0.05, 0.1) is 10.0 Å². The molecule has 0 aliphatic carbocycles. The van der Waals surface area contributed by atoms with E-state index in [4.69, 9.17) is 23.2 Å². The smallest absolute Gasteiger partial charge is 0.282 e. The Morgan fingerprint density at radius 1 is 1.29 bits per heavy atom. The predicted octanol–water partition coefficient (Wildman–Crippen LogP) is 3.35. The number of quaternary nitrogens is 1. The molecule has 1 aliphatic rings. The molecule has 2 N–H and O–H groups in total.